The molecule has 2 aliphatic carbocycles. The smallest absolute Gasteiger partial charge is 0.308 e. The minimum absolute atomic E-state index is 0.0437. The summed E-state index contributed by atoms with van der Waals surface area (Å²) >= 11 is 0. The molecule has 2 aliphatic rings. The molecule has 5 heteroatoms. The molecule has 110 valence electrons. The van der Waals surface area contributed by atoms with E-state index in [-0.39, 0.29) is 17.9 Å². The Morgan fingerprint density at radius 2 is 2.19 bits per heavy atom. The number of aliphatic carboxylic acids is 1. The molecule has 4 atom stereocenters. The summed E-state index contributed by atoms with van der Waals surface area (Å²) in [4.78, 5) is 11.4. The normalized spacial score (nSPS) is 30.3. The standard InChI is InChI=1S/C16H17FN2O2/c17-13-4-3-11(12(6-13)7-18)8-19-15-10-2-1-9(5-10)14(15)16(20)21/h3-4,6,9-10,14-15,19H,1-2,5,8H2,(H,20,21). The topological polar surface area (TPSA) is 73.1 Å². The molecule has 2 bridgehead atoms. The zero-order valence-corrected chi connectivity index (χ0v) is 11.6. The number of rotatable bonds is 4. The molecule has 2 saturated carbocycles. The van der Waals surface area contributed by atoms with Gasteiger partial charge in [0.25, 0.3) is 0 Å². The number of benzene rings is 1. The summed E-state index contributed by atoms with van der Waals surface area (Å²) in [6.45, 7) is 0.404. The van der Waals surface area contributed by atoms with Crippen LogP contribution in [0.25, 0.3) is 0 Å². The van der Waals surface area contributed by atoms with Crippen molar-refractivity contribution in [1.29, 1.82) is 5.26 Å². The third-order valence-corrected chi connectivity index (χ3v) is 4.92. The fraction of sp³-hybridized carbons (Fsp3) is 0.500. The minimum atomic E-state index is -0.737. The van der Waals surface area contributed by atoms with E-state index in [0.29, 0.717) is 23.6 Å². The van der Waals surface area contributed by atoms with Crippen molar-refractivity contribution in [3.05, 3.63) is 35.1 Å². The van der Waals surface area contributed by atoms with Gasteiger partial charge >= 0.3 is 5.97 Å². The number of nitriles is 1. The van der Waals surface area contributed by atoms with Gasteiger partial charge < -0.3 is 10.4 Å². The van der Waals surface area contributed by atoms with Crippen molar-refractivity contribution in [3.63, 3.8) is 0 Å². The van der Waals surface area contributed by atoms with Gasteiger partial charge in [-0.15, -0.1) is 0 Å². The lowest BCUT2D eigenvalue weighted by molar-refractivity contribution is -0.144. The van der Waals surface area contributed by atoms with Crippen LogP contribution in [-0.4, -0.2) is 17.1 Å². The fourth-order valence-electron chi connectivity index (χ4n) is 3.98. The van der Waals surface area contributed by atoms with Crippen molar-refractivity contribution < 1.29 is 14.3 Å². The Morgan fingerprint density at radius 3 is 2.90 bits per heavy atom. The monoisotopic (exact) mass is 288 g/mol. The molecular formula is C16H17FN2O2. The molecule has 21 heavy (non-hydrogen) atoms. The van der Waals surface area contributed by atoms with E-state index >= 15 is 0 Å². The number of nitrogens with one attached hydrogen (secondary N) is 1. The van der Waals surface area contributed by atoms with Crippen LogP contribution >= 0.6 is 0 Å². The summed E-state index contributed by atoms with van der Waals surface area (Å²) < 4.78 is 13.1. The molecule has 0 saturated heterocycles. The summed E-state index contributed by atoms with van der Waals surface area (Å²) in [5.74, 6) is -0.830. The molecule has 0 spiro atoms. The molecule has 4 unspecified atom stereocenters. The van der Waals surface area contributed by atoms with Gasteiger partial charge in [0.05, 0.1) is 17.6 Å². The van der Waals surface area contributed by atoms with Gasteiger partial charge in [-0.1, -0.05) is 6.07 Å². The lowest BCUT2D eigenvalue weighted by atomic mass is 9.84. The predicted octanol–water partition coefficient (Wildman–Crippen LogP) is 2.29. The van der Waals surface area contributed by atoms with Gasteiger partial charge in [0.2, 0.25) is 0 Å². The third kappa shape index (κ3) is 2.52. The average Bonchev–Trinajstić information content (AvgIpc) is 3.06. The molecule has 0 aromatic heterocycles. The maximum atomic E-state index is 13.1. The van der Waals surface area contributed by atoms with Gasteiger partial charge in [0, 0.05) is 12.6 Å². The third-order valence-electron chi connectivity index (χ3n) is 4.92. The van der Waals surface area contributed by atoms with Crippen LogP contribution in [0.5, 0.6) is 0 Å². The molecule has 2 fully saturated rings. The Morgan fingerprint density at radius 1 is 1.43 bits per heavy atom. The second kappa shape index (κ2) is 5.45. The Bertz CT molecular complexity index is 611. The van der Waals surface area contributed by atoms with E-state index in [2.05, 4.69) is 5.32 Å². The number of carboxylic acid groups (broad SMARTS) is 1. The number of nitrogens with zero attached hydrogens (tertiary/aromatic N) is 1. The molecule has 0 heterocycles. The van der Waals surface area contributed by atoms with Gasteiger partial charge in [-0.05, 0) is 48.8 Å². The Labute approximate surface area is 122 Å². The van der Waals surface area contributed by atoms with Crippen LogP contribution in [0.3, 0.4) is 0 Å². The lowest BCUT2D eigenvalue weighted by Crippen LogP contribution is -2.43. The van der Waals surface area contributed by atoms with E-state index in [1.54, 1.807) is 6.07 Å². The highest BCUT2D eigenvalue weighted by Gasteiger charge is 2.50. The van der Waals surface area contributed by atoms with Gasteiger partial charge in [-0.2, -0.15) is 5.26 Å². The molecule has 2 N–H and O–H groups in total. The summed E-state index contributed by atoms with van der Waals surface area (Å²) in [5, 5.41) is 21.7. The number of carboxylic acids is 1. The average molecular weight is 288 g/mol. The summed E-state index contributed by atoms with van der Waals surface area (Å²) in [7, 11) is 0. The van der Waals surface area contributed by atoms with Crippen LogP contribution in [0.2, 0.25) is 0 Å². The number of hydrogen-bond acceptors (Lipinski definition) is 3. The van der Waals surface area contributed by atoms with Crippen LogP contribution in [0.4, 0.5) is 4.39 Å². The van der Waals surface area contributed by atoms with Crippen LogP contribution in [-0.2, 0) is 11.3 Å². The van der Waals surface area contributed by atoms with Crippen molar-refractivity contribution in [2.45, 2.75) is 31.8 Å². The Balaban J connectivity index is 1.73. The van der Waals surface area contributed by atoms with E-state index in [4.69, 9.17) is 5.26 Å². The molecule has 0 amide bonds. The quantitative estimate of drug-likeness (QED) is 0.891. The van der Waals surface area contributed by atoms with Crippen LogP contribution in [0.15, 0.2) is 18.2 Å². The van der Waals surface area contributed by atoms with E-state index in [0.717, 1.165) is 19.3 Å². The van der Waals surface area contributed by atoms with Gasteiger partial charge in [0.15, 0.2) is 0 Å². The fourth-order valence-corrected chi connectivity index (χ4v) is 3.98. The van der Waals surface area contributed by atoms with Crippen molar-refractivity contribution in [1.82, 2.24) is 5.32 Å². The van der Waals surface area contributed by atoms with Gasteiger partial charge in [-0.25, -0.2) is 4.39 Å². The summed E-state index contributed by atoms with van der Waals surface area (Å²) in [5.41, 5.74) is 1.02. The first-order valence-corrected chi connectivity index (χ1v) is 7.25. The second-order valence-corrected chi connectivity index (χ2v) is 6.02. The van der Waals surface area contributed by atoms with Crippen molar-refractivity contribution >= 4 is 5.97 Å². The predicted molar refractivity (Wildman–Crippen MR) is 73.7 cm³/mol. The molecule has 1 aromatic carbocycles. The largest absolute Gasteiger partial charge is 0.481 e. The molecule has 0 radical (unpaired) electrons. The molecule has 0 aliphatic heterocycles. The van der Waals surface area contributed by atoms with E-state index < -0.39 is 11.8 Å². The minimum Gasteiger partial charge on any atom is -0.481 e. The highest BCUT2D eigenvalue weighted by molar-refractivity contribution is 5.72. The summed E-state index contributed by atoms with van der Waals surface area (Å²) in [6.07, 6.45) is 3.05. The number of fused-ring (bicyclic) bond motifs is 2. The highest BCUT2D eigenvalue weighted by Crippen LogP contribution is 2.48. The van der Waals surface area contributed by atoms with Gasteiger partial charge in [0.1, 0.15) is 5.82 Å². The van der Waals surface area contributed by atoms with Gasteiger partial charge in [-0.3, -0.25) is 4.79 Å². The maximum absolute atomic E-state index is 13.1. The van der Waals surface area contributed by atoms with Crippen molar-refractivity contribution in [3.8, 4) is 6.07 Å². The molecule has 3 rings (SSSR count). The maximum Gasteiger partial charge on any atom is 0.308 e. The van der Waals surface area contributed by atoms with Crippen LogP contribution in [0, 0.1) is 34.9 Å². The van der Waals surface area contributed by atoms with E-state index in [9.17, 15) is 14.3 Å². The molecule has 1 aromatic rings. The lowest BCUT2D eigenvalue weighted by Gasteiger charge is -2.29. The number of hydrogen-bond donors (Lipinski definition) is 2. The first-order chi connectivity index (χ1) is 10.1. The van der Waals surface area contributed by atoms with Crippen molar-refractivity contribution in [2.75, 3.05) is 0 Å². The SMILES string of the molecule is N#Cc1cc(F)ccc1CNC1C2CCC(C2)C1C(=O)O. The zero-order chi connectivity index (χ0) is 15.0. The second-order valence-electron chi connectivity index (χ2n) is 6.02. The number of carbonyl (C=O) groups is 1. The molecule has 4 nitrogen and oxygen atoms in total. The van der Waals surface area contributed by atoms with Crippen LogP contribution < -0.4 is 5.32 Å². The Hall–Kier alpha value is -1.93. The first kappa shape index (κ1) is 14.0. The Kier molecular flexibility index (Phi) is 3.64. The van der Waals surface area contributed by atoms with Crippen LogP contribution in [0.1, 0.15) is 30.4 Å². The highest BCUT2D eigenvalue weighted by atomic mass is 19.1. The zero-order valence-electron chi connectivity index (χ0n) is 11.6. The summed E-state index contributed by atoms with van der Waals surface area (Å²) in [6, 6.07) is 6.07. The van der Waals surface area contributed by atoms with E-state index in [1.165, 1.54) is 12.1 Å². The number of halogens is 1. The molecular weight excluding hydrogens is 271 g/mol. The van der Waals surface area contributed by atoms with Crippen molar-refractivity contribution in [2.24, 2.45) is 17.8 Å². The van der Waals surface area contributed by atoms with E-state index in [1.807, 2.05) is 6.07 Å². The first-order valence-electron chi connectivity index (χ1n) is 7.25.